The SMILES string of the molecule is C1=CNC=CC1.C1CCNCC1.C1CNCCN1.CC.CC.CC.CC.CC.CC.CC.CC.CC.CC.CC.CC.CC.CC.CN1CCN(C)CC1.c1ccncc1.c1ccnnc1.c1cnccn1.c1cncnc1. The van der Waals surface area contributed by atoms with Crippen LogP contribution < -0.4 is 21.3 Å². The summed E-state index contributed by atoms with van der Waals surface area (Å²) in [6.07, 6.45) is 31.5. The second-order valence-corrected chi connectivity index (χ2v) is 10.9. The summed E-state index contributed by atoms with van der Waals surface area (Å²) < 4.78 is 0. The van der Waals surface area contributed by atoms with Crippen molar-refractivity contribution in [1.82, 2.24) is 66.2 Å². The van der Waals surface area contributed by atoms with Crippen LogP contribution in [0.25, 0.3) is 0 Å². The molecule has 3 saturated heterocycles. The van der Waals surface area contributed by atoms with Crippen molar-refractivity contribution in [3.05, 3.63) is 129 Å². The van der Waals surface area contributed by atoms with Gasteiger partial charge in [-0.1, -0.05) is 219 Å². The zero-order valence-electron chi connectivity index (χ0n) is 58.0. The summed E-state index contributed by atoms with van der Waals surface area (Å²) in [4.78, 5) is 23.3. The van der Waals surface area contributed by atoms with Crippen LogP contribution in [0, 0.1) is 0 Å². The highest BCUT2D eigenvalue weighted by atomic mass is 15.2. The topological polar surface area (TPSA) is 145 Å². The molecule has 8 heterocycles. The fraction of sp³-hybridized carbons (Fsp3) is 0.677. The van der Waals surface area contributed by atoms with Gasteiger partial charge in [-0.2, -0.15) is 10.2 Å². The number of likely N-dealkylation sites (N-methyl/N-ethyl adjacent to an activating group) is 2. The van der Waals surface area contributed by atoms with E-state index in [9.17, 15) is 0 Å². The van der Waals surface area contributed by atoms with Crippen LogP contribution in [-0.4, -0.2) is 124 Å². The van der Waals surface area contributed by atoms with Gasteiger partial charge in [-0.15, -0.1) is 0 Å². The van der Waals surface area contributed by atoms with Crippen LogP contribution in [0.4, 0.5) is 0 Å². The van der Waals surface area contributed by atoms with Gasteiger partial charge in [0.1, 0.15) is 6.33 Å². The average Bonchev–Trinajstić information content (AvgIpc) is 3.62. The minimum Gasteiger partial charge on any atom is -0.368 e. The smallest absolute Gasteiger partial charge is 0.115 e. The monoisotopic (exact) mass is 1110 g/mol. The molecule has 8 rings (SSSR count). The molecule has 13 nitrogen and oxygen atoms in total. The van der Waals surface area contributed by atoms with Crippen molar-refractivity contribution >= 4 is 0 Å². The molecule has 0 aromatic carbocycles. The fourth-order valence-corrected chi connectivity index (χ4v) is 3.79. The lowest BCUT2D eigenvalue weighted by molar-refractivity contribution is 0.181. The molecule has 0 amide bonds. The molecule has 468 valence electrons. The number of allylic oxidation sites excluding steroid dienone is 2. The van der Waals surface area contributed by atoms with Crippen molar-refractivity contribution < 1.29 is 0 Å². The highest BCUT2D eigenvalue weighted by Crippen LogP contribution is 1.96. The van der Waals surface area contributed by atoms with Gasteiger partial charge >= 0.3 is 0 Å². The molecule has 4 aromatic heterocycles. The van der Waals surface area contributed by atoms with Crippen LogP contribution in [0.2, 0.25) is 0 Å². The number of aromatic nitrogens is 7. The van der Waals surface area contributed by atoms with Crippen molar-refractivity contribution in [3.63, 3.8) is 0 Å². The van der Waals surface area contributed by atoms with Crippen molar-refractivity contribution in [1.29, 1.82) is 0 Å². The molecule has 4 aliphatic heterocycles. The first kappa shape index (κ1) is 109. The number of hydrogen-bond donors (Lipinski definition) is 4. The van der Waals surface area contributed by atoms with Gasteiger partial charge in [-0.05, 0) is 89.2 Å². The summed E-state index contributed by atoms with van der Waals surface area (Å²) in [5, 5.41) is 19.7. The number of piperazine rings is 2. The normalized spacial score (nSPS) is 11.3. The summed E-state index contributed by atoms with van der Waals surface area (Å²) in [6, 6.07) is 11.1. The Hall–Kier alpha value is -4.53. The maximum absolute atomic E-state index is 3.78. The lowest BCUT2D eigenvalue weighted by atomic mass is 10.2. The number of pyridine rings is 1. The van der Waals surface area contributed by atoms with Crippen LogP contribution >= 0.6 is 0 Å². The largest absolute Gasteiger partial charge is 0.368 e. The molecule has 4 aromatic rings. The molecule has 0 aliphatic carbocycles. The second kappa shape index (κ2) is 164. The summed E-state index contributed by atoms with van der Waals surface area (Å²) >= 11 is 0. The van der Waals surface area contributed by atoms with Crippen molar-refractivity contribution in [2.24, 2.45) is 0 Å². The summed E-state index contributed by atoms with van der Waals surface area (Å²) in [5.74, 6) is 0. The van der Waals surface area contributed by atoms with Gasteiger partial charge in [0.25, 0.3) is 0 Å². The third kappa shape index (κ3) is 158. The molecule has 4 N–H and O–H groups in total. The van der Waals surface area contributed by atoms with Crippen LogP contribution in [0.15, 0.2) is 129 Å². The molecule has 13 heteroatoms. The predicted octanol–water partition coefficient (Wildman–Crippen LogP) is 17.7. The lowest BCUT2D eigenvalue weighted by Gasteiger charge is -2.28. The Morgan fingerprint density at radius 3 is 0.667 bits per heavy atom. The van der Waals surface area contributed by atoms with E-state index >= 15 is 0 Å². The van der Waals surface area contributed by atoms with E-state index in [1.165, 1.54) is 64.9 Å². The Balaban J connectivity index is -0.0000000470. The van der Waals surface area contributed by atoms with Crippen LogP contribution in [0.1, 0.15) is 220 Å². The van der Waals surface area contributed by atoms with Crippen molar-refractivity contribution in [2.75, 3.05) is 79.5 Å². The van der Waals surface area contributed by atoms with Crippen molar-refractivity contribution in [2.45, 2.75) is 220 Å². The molecule has 4 aliphatic rings. The van der Waals surface area contributed by atoms with Gasteiger partial charge in [0, 0.05) is 114 Å². The van der Waals surface area contributed by atoms with E-state index in [1.807, 2.05) is 237 Å². The van der Waals surface area contributed by atoms with E-state index in [0.29, 0.717) is 0 Å². The van der Waals surface area contributed by atoms with Gasteiger partial charge in [0.05, 0.1) is 0 Å². The molecule has 0 unspecified atom stereocenters. The predicted molar refractivity (Wildman–Crippen MR) is 363 cm³/mol. The van der Waals surface area contributed by atoms with Crippen LogP contribution in [0.5, 0.6) is 0 Å². The first-order valence-corrected chi connectivity index (χ1v) is 31.3. The van der Waals surface area contributed by atoms with E-state index in [4.69, 9.17) is 0 Å². The standard InChI is InChI=1S/C6H14N2.C5H11N.C5H7N.C5H5N.C4H10N2.3C4H4N2.14C2H6/c1-7-3-5-8(2)6-4-7;3*1-2-4-6-5-3-1;2*1-2-6-4-3-5-1;1-2-5-4-6-3-1;1-2-4-6-5-3-1;14*1-2/h3-6H2,1-2H3;6H,1-5H2;2-6H,1H2;1-5H;5-6H,1-4H2;3*1-4H;14*1-2H3. The van der Waals surface area contributed by atoms with E-state index < -0.39 is 0 Å². The van der Waals surface area contributed by atoms with Gasteiger partial charge in [-0.25, -0.2) is 9.97 Å². The van der Waals surface area contributed by atoms with E-state index in [1.54, 1.807) is 68.0 Å². The zero-order valence-corrected chi connectivity index (χ0v) is 58.0. The minimum atomic E-state index is 1.08. The maximum Gasteiger partial charge on any atom is 0.115 e. The summed E-state index contributed by atoms with van der Waals surface area (Å²) in [7, 11) is 4.35. The van der Waals surface area contributed by atoms with Crippen molar-refractivity contribution in [3.8, 4) is 0 Å². The summed E-state index contributed by atoms with van der Waals surface area (Å²) in [6.45, 7) is 68.0. The number of hydrogen-bond acceptors (Lipinski definition) is 13. The molecule has 0 spiro atoms. The third-order valence-electron chi connectivity index (χ3n) is 6.60. The zero-order chi connectivity index (χ0) is 63.7. The van der Waals surface area contributed by atoms with Crippen LogP contribution in [-0.2, 0) is 0 Å². The number of piperidine rings is 1. The minimum absolute atomic E-state index is 1.08. The van der Waals surface area contributed by atoms with Crippen LogP contribution in [0.3, 0.4) is 0 Å². The maximum atomic E-state index is 3.78. The molecule has 0 radical (unpaired) electrons. The quantitative estimate of drug-likeness (QED) is 0.133. The Morgan fingerprint density at radius 1 is 0.282 bits per heavy atom. The Labute approximate surface area is 492 Å². The van der Waals surface area contributed by atoms with Gasteiger partial charge in [-0.3, -0.25) is 15.0 Å². The molecule has 0 atom stereocenters. The third-order valence-corrected chi connectivity index (χ3v) is 6.60. The average molecular weight is 1110 g/mol. The van der Waals surface area contributed by atoms with Gasteiger partial charge in [0.2, 0.25) is 0 Å². The van der Waals surface area contributed by atoms with Gasteiger partial charge in [0.15, 0.2) is 0 Å². The highest BCUT2D eigenvalue weighted by Gasteiger charge is 2.07. The molecular formula is C65H143N13. The molecule has 0 saturated carbocycles. The first-order valence-electron chi connectivity index (χ1n) is 31.3. The Morgan fingerprint density at radius 2 is 0.551 bits per heavy atom. The number of nitrogens with one attached hydrogen (secondary N) is 4. The first-order chi connectivity index (χ1) is 38.8. The molecule has 3 fully saturated rings. The Kier molecular flexibility index (Phi) is 230. The molecule has 78 heavy (non-hydrogen) atoms. The van der Waals surface area contributed by atoms with E-state index in [-0.39, 0.29) is 0 Å². The highest BCUT2D eigenvalue weighted by molar-refractivity contribution is 4.99. The van der Waals surface area contributed by atoms with Gasteiger partial charge < -0.3 is 31.1 Å². The second-order valence-electron chi connectivity index (χ2n) is 10.9. The fourth-order valence-electron chi connectivity index (χ4n) is 3.79. The Bertz CT molecular complexity index is 903. The summed E-state index contributed by atoms with van der Waals surface area (Å²) in [5.41, 5.74) is 0. The van der Waals surface area contributed by atoms with E-state index in [0.717, 1.165) is 32.6 Å². The lowest BCUT2D eigenvalue weighted by Crippen LogP contribution is -2.42. The molecular weight excluding hydrogens is 963 g/mol. The molecule has 0 bridgehead atoms. The number of rotatable bonds is 0. The van der Waals surface area contributed by atoms with E-state index in [2.05, 4.69) is 92.4 Å². The number of nitrogens with zero attached hydrogens (tertiary/aromatic N) is 9. The number of dihydropyridines is 1.